The van der Waals surface area contributed by atoms with E-state index in [2.05, 4.69) is 10.2 Å². The molecule has 1 heterocycles. The number of hydrogen-bond donors (Lipinski definition) is 2. The minimum atomic E-state index is -1.06. The van der Waals surface area contributed by atoms with Crippen LogP contribution in [0.25, 0.3) is 0 Å². The van der Waals surface area contributed by atoms with Gasteiger partial charge in [0.05, 0.1) is 6.20 Å². The van der Waals surface area contributed by atoms with Crippen molar-refractivity contribution in [3.8, 4) is 0 Å². The lowest BCUT2D eigenvalue weighted by Gasteiger charge is -2.23. The number of aromatic nitrogens is 2. The molecule has 2 N–H and O–H groups in total. The molecule has 0 radical (unpaired) electrons. The van der Waals surface area contributed by atoms with Crippen molar-refractivity contribution in [1.29, 1.82) is 0 Å². The zero-order valence-corrected chi connectivity index (χ0v) is 8.84. The third-order valence-corrected chi connectivity index (χ3v) is 2.85. The predicted octanol–water partition coefficient (Wildman–Crippen LogP) is 1.80. The average Bonchev–Trinajstić information content (AvgIpc) is 2.82. The summed E-state index contributed by atoms with van der Waals surface area (Å²) in [6.45, 7) is 1.68. The summed E-state index contributed by atoms with van der Waals surface area (Å²) < 4.78 is 0. The lowest BCUT2D eigenvalue weighted by atomic mass is 9.78. The van der Waals surface area contributed by atoms with Gasteiger partial charge in [-0.1, -0.05) is 30.3 Å². The Labute approximate surface area is 92.9 Å². The van der Waals surface area contributed by atoms with Crippen molar-refractivity contribution in [1.82, 2.24) is 10.2 Å². The summed E-state index contributed by atoms with van der Waals surface area (Å²) in [5.74, 6) is -0.889. The van der Waals surface area contributed by atoms with Gasteiger partial charge in [0.1, 0.15) is 5.41 Å². The summed E-state index contributed by atoms with van der Waals surface area (Å²) in [4.78, 5) is 11.5. The standard InChI is InChI=1S/C12H12N2O2/c1-12(11(15)16,10-7-13-14-8-10)9-5-3-2-4-6-9/h2-8H,1H3,(H,13,14)(H,15,16). The Morgan fingerprint density at radius 3 is 2.50 bits per heavy atom. The summed E-state index contributed by atoms with van der Waals surface area (Å²) >= 11 is 0. The van der Waals surface area contributed by atoms with E-state index in [4.69, 9.17) is 0 Å². The largest absolute Gasteiger partial charge is 0.480 e. The third kappa shape index (κ3) is 1.48. The quantitative estimate of drug-likeness (QED) is 0.822. The van der Waals surface area contributed by atoms with Crippen molar-refractivity contribution in [3.05, 3.63) is 53.9 Å². The van der Waals surface area contributed by atoms with Crippen molar-refractivity contribution in [2.75, 3.05) is 0 Å². The summed E-state index contributed by atoms with van der Waals surface area (Å²) in [6, 6.07) is 9.14. The Morgan fingerprint density at radius 1 is 1.31 bits per heavy atom. The van der Waals surface area contributed by atoms with Gasteiger partial charge in [0, 0.05) is 11.8 Å². The van der Waals surface area contributed by atoms with Gasteiger partial charge in [0.15, 0.2) is 0 Å². The van der Waals surface area contributed by atoms with E-state index in [1.165, 1.54) is 0 Å². The van der Waals surface area contributed by atoms with Crippen LogP contribution in [-0.2, 0) is 10.2 Å². The number of rotatable bonds is 3. The minimum Gasteiger partial charge on any atom is -0.480 e. The van der Waals surface area contributed by atoms with Crippen LogP contribution in [0.2, 0.25) is 0 Å². The first-order chi connectivity index (χ1) is 7.65. The highest BCUT2D eigenvalue weighted by molar-refractivity contribution is 5.85. The summed E-state index contributed by atoms with van der Waals surface area (Å²) in [6.07, 6.45) is 3.16. The maximum absolute atomic E-state index is 11.5. The molecule has 82 valence electrons. The molecule has 0 saturated heterocycles. The second-order valence-electron chi connectivity index (χ2n) is 3.78. The molecule has 4 nitrogen and oxygen atoms in total. The second kappa shape index (κ2) is 3.81. The van der Waals surface area contributed by atoms with Crippen LogP contribution in [-0.4, -0.2) is 21.3 Å². The first-order valence-corrected chi connectivity index (χ1v) is 4.94. The summed E-state index contributed by atoms with van der Waals surface area (Å²) in [5.41, 5.74) is 0.323. The van der Waals surface area contributed by atoms with E-state index in [1.54, 1.807) is 31.5 Å². The van der Waals surface area contributed by atoms with Gasteiger partial charge in [0.2, 0.25) is 0 Å². The molecule has 0 saturated carbocycles. The number of aliphatic carboxylic acids is 1. The highest BCUT2D eigenvalue weighted by Gasteiger charge is 2.37. The van der Waals surface area contributed by atoms with Gasteiger partial charge in [-0.3, -0.25) is 9.89 Å². The molecule has 0 aliphatic carbocycles. The van der Waals surface area contributed by atoms with Crippen LogP contribution in [0.3, 0.4) is 0 Å². The highest BCUT2D eigenvalue weighted by atomic mass is 16.4. The Morgan fingerprint density at radius 2 is 2.00 bits per heavy atom. The molecule has 1 atom stereocenters. The Hall–Kier alpha value is -2.10. The van der Waals surface area contributed by atoms with Crippen molar-refractivity contribution in [3.63, 3.8) is 0 Å². The third-order valence-electron chi connectivity index (χ3n) is 2.85. The number of carbonyl (C=O) groups is 1. The maximum atomic E-state index is 11.5. The monoisotopic (exact) mass is 216 g/mol. The Kier molecular flexibility index (Phi) is 2.48. The molecule has 2 rings (SSSR count). The first-order valence-electron chi connectivity index (χ1n) is 4.94. The number of aromatic amines is 1. The Balaban J connectivity index is 2.58. The van der Waals surface area contributed by atoms with E-state index < -0.39 is 11.4 Å². The number of carboxylic acid groups (broad SMARTS) is 1. The van der Waals surface area contributed by atoms with Crippen molar-refractivity contribution in [2.24, 2.45) is 0 Å². The van der Waals surface area contributed by atoms with Crippen LogP contribution in [0.15, 0.2) is 42.7 Å². The van der Waals surface area contributed by atoms with Gasteiger partial charge < -0.3 is 5.11 Å². The van der Waals surface area contributed by atoms with Crippen LogP contribution in [0.4, 0.5) is 0 Å². The number of carboxylic acids is 1. The van der Waals surface area contributed by atoms with Gasteiger partial charge in [0.25, 0.3) is 0 Å². The van der Waals surface area contributed by atoms with E-state index in [1.807, 2.05) is 18.2 Å². The number of nitrogens with one attached hydrogen (secondary N) is 1. The van der Waals surface area contributed by atoms with E-state index in [-0.39, 0.29) is 0 Å². The normalized spacial score (nSPS) is 14.3. The number of nitrogens with zero attached hydrogens (tertiary/aromatic N) is 1. The Bertz CT molecular complexity index is 479. The average molecular weight is 216 g/mol. The van der Waals surface area contributed by atoms with Gasteiger partial charge >= 0.3 is 5.97 Å². The summed E-state index contributed by atoms with van der Waals surface area (Å²) in [5, 5.41) is 15.9. The minimum absolute atomic E-state index is 0.645. The van der Waals surface area contributed by atoms with Gasteiger partial charge in [-0.25, -0.2) is 0 Å². The topological polar surface area (TPSA) is 66.0 Å². The molecule has 1 aromatic carbocycles. The first kappa shape index (κ1) is 10.4. The maximum Gasteiger partial charge on any atom is 0.318 e. The van der Waals surface area contributed by atoms with Gasteiger partial charge in [-0.2, -0.15) is 5.10 Å². The zero-order chi connectivity index (χ0) is 11.6. The molecule has 4 heteroatoms. The van der Waals surface area contributed by atoms with Crippen molar-refractivity contribution < 1.29 is 9.90 Å². The van der Waals surface area contributed by atoms with E-state index >= 15 is 0 Å². The van der Waals surface area contributed by atoms with E-state index in [9.17, 15) is 9.90 Å². The smallest absolute Gasteiger partial charge is 0.318 e. The van der Waals surface area contributed by atoms with Crippen LogP contribution in [0, 0.1) is 0 Å². The molecule has 0 fully saturated rings. The highest BCUT2D eigenvalue weighted by Crippen LogP contribution is 2.31. The molecule has 0 spiro atoms. The lowest BCUT2D eigenvalue weighted by Crippen LogP contribution is -2.33. The van der Waals surface area contributed by atoms with Crippen molar-refractivity contribution >= 4 is 5.97 Å². The molecule has 0 aliphatic heterocycles. The SMILES string of the molecule is CC(C(=O)O)(c1ccccc1)c1cn[nH]c1. The fourth-order valence-corrected chi connectivity index (χ4v) is 1.71. The fourth-order valence-electron chi connectivity index (χ4n) is 1.71. The van der Waals surface area contributed by atoms with Crippen LogP contribution in [0.5, 0.6) is 0 Å². The molecular formula is C12H12N2O2. The fraction of sp³-hybridized carbons (Fsp3) is 0.167. The van der Waals surface area contributed by atoms with E-state index in [0.29, 0.717) is 5.56 Å². The summed E-state index contributed by atoms with van der Waals surface area (Å²) in [7, 11) is 0. The predicted molar refractivity (Wildman–Crippen MR) is 59.1 cm³/mol. The van der Waals surface area contributed by atoms with E-state index in [0.717, 1.165) is 5.56 Å². The molecule has 0 aliphatic rings. The molecular weight excluding hydrogens is 204 g/mol. The molecule has 16 heavy (non-hydrogen) atoms. The molecule has 1 aromatic heterocycles. The van der Waals surface area contributed by atoms with Gasteiger partial charge in [-0.15, -0.1) is 0 Å². The van der Waals surface area contributed by atoms with Crippen LogP contribution >= 0.6 is 0 Å². The number of hydrogen-bond acceptors (Lipinski definition) is 2. The molecule has 0 bridgehead atoms. The number of benzene rings is 1. The van der Waals surface area contributed by atoms with Crippen LogP contribution < -0.4 is 0 Å². The molecule has 1 unspecified atom stereocenters. The van der Waals surface area contributed by atoms with Crippen LogP contribution in [0.1, 0.15) is 18.1 Å². The zero-order valence-electron chi connectivity index (χ0n) is 8.84. The molecule has 2 aromatic rings. The van der Waals surface area contributed by atoms with Gasteiger partial charge in [-0.05, 0) is 12.5 Å². The second-order valence-corrected chi connectivity index (χ2v) is 3.78. The number of H-pyrrole nitrogens is 1. The molecule has 0 amide bonds. The lowest BCUT2D eigenvalue weighted by molar-refractivity contribution is -0.141. The van der Waals surface area contributed by atoms with Crippen molar-refractivity contribution in [2.45, 2.75) is 12.3 Å².